The zero-order valence-electron chi connectivity index (χ0n) is 18.7. The van der Waals surface area contributed by atoms with E-state index in [-0.39, 0.29) is 18.2 Å². The van der Waals surface area contributed by atoms with Gasteiger partial charge in [0, 0.05) is 19.0 Å². The van der Waals surface area contributed by atoms with E-state index in [0.717, 1.165) is 16.8 Å². The Morgan fingerprint density at radius 1 is 1.22 bits per heavy atom. The molecule has 0 aliphatic carbocycles. The van der Waals surface area contributed by atoms with Gasteiger partial charge in [-0.2, -0.15) is 0 Å². The second kappa shape index (κ2) is 10.4. The Hall–Kier alpha value is -3.26. The highest BCUT2D eigenvalue weighted by atomic mass is 32.2. The number of amides is 2. The Kier molecular flexibility index (Phi) is 7.58. The highest BCUT2D eigenvalue weighted by Gasteiger charge is 2.38. The van der Waals surface area contributed by atoms with Gasteiger partial charge in [0.25, 0.3) is 0 Å². The van der Waals surface area contributed by atoms with Gasteiger partial charge in [-0.05, 0) is 37.1 Å². The monoisotopic (exact) mass is 453 g/mol. The summed E-state index contributed by atoms with van der Waals surface area (Å²) < 4.78 is 10.5. The van der Waals surface area contributed by atoms with Gasteiger partial charge in [-0.15, -0.1) is 6.58 Å². The molecule has 1 fully saturated rings. The number of thioether (sulfide) groups is 1. The van der Waals surface area contributed by atoms with Crippen molar-refractivity contribution >= 4 is 40.1 Å². The highest BCUT2D eigenvalue weighted by Crippen LogP contribution is 2.34. The Labute approximate surface area is 192 Å². The van der Waals surface area contributed by atoms with Crippen LogP contribution in [0.1, 0.15) is 17.5 Å². The Bertz CT molecular complexity index is 1050. The number of benzene rings is 2. The number of aryl methyl sites for hydroxylation is 2. The van der Waals surface area contributed by atoms with Gasteiger partial charge < -0.3 is 14.8 Å². The topological polar surface area (TPSA) is 80.2 Å². The van der Waals surface area contributed by atoms with Crippen molar-refractivity contribution in [2.75, 3.05) is 26.1 Å². The van der Waals surface area contributed by atoms with Crippen LogP contribution in [0.5, 0.6) is 11.5 Å². The van der Waals surface area contributed by atoms with E-state index in [9.17, 15) is 9.59 Å². The summed E-state index contributed by atoms with van der Waals surface area (Å²) in [5.74, 6) is 0.658. The predicted molar refractivity (Wildman–Crippen MR) is 129 cm³/mol. The number of carbonyl (C=O) groups excluding carboxylic acids is 2. The van der Waals surface area contributed by atoms with Crippen LogP contribution in [-0.2, 0) is 9.59 Å². The lowest BCUT2D eigenvalue weighted by Crippen LogP contribution is -2.33. The third-order valence-corrected chi connectivity index (χ3v) is 6.21. The minimum absolute atomic E-state index is 0.0120. The summed E-state index contributed by atoms with van der Waals surface area (Å²) in [6, 6.07) is 11.1. The molecule has 32 heavy (non-hydrogen) atoms. The summed E-state index contributed by atoms with van der Waals surface area (Å²) in [5, 5.41) is 2.83. The molecule has 168 valence electrons. The number of para-hydroxylation sites is 1. The molecule has 1 aliphatic rings. The molecule has 0 radical (unpaired) electrons. The second-order valence-corrected chi connectivity index (χ2v) is 8.47. The Morgan fingerprint density at radius 3 is 2.56 bits per heavy atom. The molecule has 7 nitrogen and oxygen atoms in total. The van der Waals surface area contributed by atoms with Crippen LogP contribution in [0.15, 0.2) is 54.0 Å². The zero-order chi connectivity index (χ0) is 23.3. The molecule has 1 heterocycles. The Balaban J connectivity index is 1.79. The van der Waals surface area contributed by atoms with Gasteiger partial charge >= 0.3 is 0 Å². The first-order valence-electron chi connectivity index (χ1n) is 10.1. The number of amidine groups is 1. The number of hydrogen-bond acceptors (Lipinski definition) is 6. The van der Waals surface area contributed by atoms with Crippen molar-refractivity contribution in [1.82, 2.24) is 4.90 Å². The third-order valence-electron chi connectivity index (χ3n) is 5.03. The molecule has 0 saturated carbocycles. The number of rotatable bonds is 8. The first kappa shape index (κ1) is 23.4. The molecule has 1 aliphatic heterocycles. The fourth-order valence-corrected chi connectivity index (χ4v) is 4.52. The van der Waals surface area contributed by atoms with Crippen molar-refractivity contribution in [3.63, 3.8) is 0 Å². The predicted octanol–water partition coefficient (Wildman–Crippen LogP) is 4.47. The van der Waals surface area contributed by atoms with Crippen LogP contribution in [0.4, 0.5) is 11.4 Å². The van der Waals surface area contributed by atoms with Crippen LogP contribution in [-0.4, -0.2) is 47.9 Å². The maximum Gasteiger partial charge on any atom is 0.242 e. The molecule has 2 aromatic carbocycles. The van der Waals surface area contributed by atoms with E-state index in [1.807, 2.05) is 32.0 Å². The lowest BCUT2D eigenvalue weighted by molar-refractivity contribution is -0.127. The van der Waals surface area contributed by atoms with Crippen LogP contribution in [0.2, 0.25) is 0 Å². The summed E-state index contributed by atoms with van der Waals surface area (Å²) in [7, 11) is 3.08. The van der Waals surface area contributed by atoms with Crippen LogP contribution < -0.4 is 14.8 Å². The number of nitrogens with one attached hydrogen (secondary N) is 1. The molecule has 0 spiro atoms. The average molecular weight is 454 g/mol. The summed E-state index contributed by atoms with van der Waals surface area (Å²) in [6.45, 7) is 8.05. The standard InChI is InChI=1S/C24H27N3O4S/c1-6-12-27-23(29)20(32-24(27)26-22-15(2)8-7-9-16(22)3)14-21(28)25-18-11-10-17(30-4)13-19(18)31-5/h6-11,13,20H,1,12,14H2,2-5H3,(H,25,28). The van der Waals surface area contributed by atoms with Crippen molar-refractivity contribution < 1.29 is 19.1 Å². The van der Waals surface area contributed by atoms with Gasteiger partial charge in [-0.25, -0.2) is 4.99 Å². The van der Waals surface area contributed by atoms with Crippen molar-refractivity contribution in [2.45, 2.75) is 25.5 Å². The maximum atomic E-state index is 13.0. The van der Waals surface area contributed by atoms with Crippen molar-refractivity contribution in [3.05, 3.63) is 60.2 Å². The van der Waals surface area contributed by atoms with Crippen molar-refractivity contribution in [2.24, 2.45) is 4.99 Å². The van der Waals surface area contributed by atoms with Crippen molar-refractivity contribution in [1.29, 1.82) is 0 Å². The molecule has 2 amide bonds. The molecule has 0 bridgehead atoms. The number of ether oxygens (including phenoxy) is 2. The summed E-state index contributed by atoms with van der Waals surface area (Å²) >= 11 is 1.30. The number of methoxy groups -OCH3 is 2. The van der Waals surface area contributed by atoms with E-state index in [2.05, 4.69) is 11.9 Å². The first-order chi connectivity index (χ1) is 15.4. The SMILES string of the molecule is C=CCN1C(=O)C(CC(=O)Nc2ccc(OC)cc2OC)SC1=Nc1c(C)cccc1C. The molecule has 8 heteroatoms. The quantitative estimate of drug-likeness (QED) is 0.597. The number of anilines is 1. The summed E-state index contributed by atoms with van der Waals surface area (Å²) in [4.78, 5) is 32.1. The molecule has 1 atom stereocenters. The lowest BCUT2D eigenvalue weighted by Gasteiger charge is -2.15. The van der Waals surface area contributed by atoms with E-state index in [0.29, 0.717) is 28.9 Å². The molecule has 1 unspecified atom stereocenters. The number of carbonyl (C=O) groups is 2. The van der Waals surface area contributed by atoms with Crippen LogP contribution in [0, 0.1) is 13.8 Å². The fraction of sp³-hybridized carbons (Fsp3) is 0.292. The minimum atomic E-state index is -0.567. The van der Waals surface area contributed by atoms with Gasteiger partial charge in [-0.3, -0.25) is 14.5 Å². The molecular formula is C24H27N3O4S. The Morgan fingerprint density at radius 2 is 1.94 bits per heavy atom. The number of hydrogen-bond donors (Lipinski definition) is 1. The van der Waals surface area contributed by atoms with Crippen LogP contribution >= 0.6 is 11.8 Å². The molecule has 2 aromatic rings. The minimum Gasteiger partial charge on any atom is -0.497 e. The van der Waals surface area contributed by atoms with Crippen molar-refractivity contribution in [3.8, 4) is 11.5 Å². The van der Waals surface area contributed by atoms with Gasteiger partial charge in [0.2, 0.25) is 11.8 Å². The average Bonchev–Trinajstić information content (AvgIpc) is 3.05. The molecule has 3 rings (SSSR count). The maximum absolute atomic E-state index is 13.0. The van der Waals surface area contributed by atoms with E-state index in [1.165, 1.54) is 18.9 Å². The number of nitrogens with zero attached hydrogens (tertiary/aromatic N) is 2. The lowest BCUT2D eigenvalue weighted by atomic mass is 10.1. The second-order valence-electron chi connectivity index (χ2n) is 7.30. The number of aliphatic imine (C=N–C) groups is 1. The highest BCUT2D eigenvalue weighted by molar-refractivity contribution is 8.15. The summed E-state index contributed by atoms with van der Waals surface area (Å²) in [6.07, 6.45) is 1.67. The zero-order valence-corrected chi connectivity index (χ0v) is 19.5. The van der Waals surface area contributed by atoms with Gasteiger partial charge in [0.15, 0.2) is 5.17 Å². The normalized spacial score (nSPS) is 16.9. The van der Waals surface area contributed by atoms with Gasteiger partial charge in [0.05, 0.1) is 25.6 Å². The van der Waals surface area contributed by atoms with E-state index in [4.69, 9.17) is 14.5 Å². The van der Waals surface area contributed by atoms with E-state index in [1.54, 1.807) is 36.3 Å². The first-order valence-corrected chi connectivity index (χ1v) is 11.0. The molecule has 1 N–H and O–H groups in total. The largest absolute Gasteiger partial charge is 0.497 e. The molecule has 0 aromatic heterocycles. The molecular weight excluding hydrogens is 426 g/mol. The van der Waals surface area contributed by atoms with Crippen LogP contribution in [0.25, 0.3) is 0 Å². The third kappa shape index (κ3) is 5.13. The van der Waals surface area contributed by atoms with Gasteiger partial charge in [0.1, 0.15) is 16.7 Å². The van der Waals surface area contributed by atoms with Gasteiger partial charge in [-0.1, -0.05) is 36.0 Å². The van der Waals surface area contributed by atoms with E-state index < -0.39 is 5.25 Å². The fourth-order valence-electron chi connectivity index (χ4n) is 3.37. The smallest absolute Gasteiger partial charge is 0.242 e. The molecule has 1 saturated heterocycles. The summed E-state index contributed by atoms with van der Waals surface area (Å²) in [5.41, 5.74) is 3.40. The van der Waals surface area contributed by atoms with E-state index >= 15 is 0 Å². The van der Waals surface area contributed by atoms with Crippen LogP contribution in [0.3, 0.4) is 0 Å².